The fourth-order valence-electron chi connectivity index (χ4n) is 2.69. The van der Waals surface area contributed by atoms with Crippen molar-refractivity contribution in [1.29, 1.82) is 0 Å². The SMILES string of the molecule is CCN(CC)CC(C)NC(=O)C1(C(N)=NO)CCOCC1. The summed E-state index contributed by atoms with van der Waals surface area (Å²) in [4.78, 5) is 14.9. The number of amidine groups is 1. The molecule has 0 aromatic heterocycles. The smallest absolute Gasteiger partial charge is 0.234 e. The largest absolute Gasteiger partial charge is 0.409 e. The molecule has 0 radical (unpaired) electrons. The molecule has 1 unspecified atom stereocenters. The number of hydrogen-bond acceptors (Lipinski definition) is 5. The first-order chi connectivity index (χ1) is 10.00. The Morgan fingerprint density at radius 3 is 2.48 bits per heavy atom. The van der Waals surface area contributed by atoms with Gasteiger partial charge < -0.3 is 25.9 Å². The molecule has 1 aliphatic heterocycles. The van der Waals surface area contributed by atoms with Crippen molar-refractivity contribution in [3.63, 3.8) is 0 Å². The highest BCUT2D eigenvalue weighted by Crippen LogP contribution is 2.31. The summed E-state index contributed by atoms with van der Waals surface area (Å²) in [5.41, 5.74) is 4.83. The van der Waals surface area contributed by atoms with Crippen LogP contribution in [0.5, 0.6) is 0 Å². The van der Waals surface area contributed by atoms with Crippen molar-refractivity contribution in [2.75, 3.05) is 32.8 Å². The molecule has 0 aromatic rings. The summed E-state index contributed by atoms with van der Waals surface area (Å²) in [6.45, 7) is 9.69. The minimum atomic E-state index is -0.954. The highest BCUT2D eigenvalue weighted by atomic mass is 16.5. The van der Waals surface area contributed by atoms with Crippen LogP contribution in [0.1, 0.15) is 33.6 Å². The van der Waals surface area contributed by atoms with Crippen molar-refractivity contribution >= 4 is 11.7 Å². The Kier molecular flexibility index (Phi) is 6.91. The average Bonchev–Trinajstić information content (AvgIpc) is 2.52. The van der Waals surface area contributed by atoms with Gasteiger partial charge in [-0.25, -0.2) is 0 Å². The Hall–Kier alpha value is -1.34. The van der Waals surface area contributed by atoms with Crippen LogP contribution in [0, 0.1) is 5.41 Å². The summed E-state index contributed by atoms with van der Waals surface area (Å²) in [7, 11) is 0. The van der Waals surface area contributed by atoms with E-state index in [9.17, 15) is 4.79 Å². The van der Waals surface area contributed by atoms with Gasteiger partial charge in [-0.15, -0.1) is 0 Å². The van der Waals surface area contributed by atoms with Crippen LogP contribution in [-0.4, -0.2) is 60.7 Å². The minimum Gasteiger partial charge on any atom is -0.409 e. The number of oxime groups is 1. The molecule has 4 N–H and O–H groups in total. The molecule has 1 rings (SSSR count). The summed E-state index contributed by atoms with van der Waals surface area (Å²) in [5, 5.41) is 15.1. The molecular weight excluding hydrogens is 272 g/mol. The summed E-state index contributed by atoms with van der Waals surface area (Å²) < 4.78 is 5.29. The number of rotatable bonds is 7. The zero-order valence-electron chi connectivity index (χ0n) is 13.3. The van der Waals surface area contributed by atoms with Gasteiger partial charge in [0.25, 0.3) is 0 Å². The number of nitrogens with two attached hydrogens (primary N) is 1. The lowest BCUT2D eigenvalue weighted by Crippen LogP contribution is -2.55. The molecule has 0 aromatic carbocycles. The Bertz CT molecular complexity index is 363. The van der Waals surface area contributed by atoms with E-state index in [0.29, 0.717) is 26.1 Å². The van der Waals surface area contributed by atoms with E-state index in [0.717, 1.165) is 19.6 Å². The molecule has 1 amide bonds. The van der Waals surface area contributed by atoms with Gasteiger partial charge in [-0.2, -0.15) is 0 Å². The average molecular weight is 300 g/mol. The lowest BCUT2D eigenvalue weighted by atomic mass is 9.78. The molecule has 0 spiro atoms. The van der Waals surface area contributed by atoms with Gasteiger partial charge in [0.05, 0.1) is 0 Å². The van der Waals surface area contributed by atoms with Crippen molar-refractivity contribution in [3.8, 4) is 0 Å². The minimum absolute atomic E-state index is 0.00335. The number of hydrogen-bond donors (Lipinski definition) is 3. The molecule has 1 atom stereocenters. The van der Waals surface area contributed by atoms with E-state index in [1.807, 2.05) is 6.92 Å². The Morgan fingerprint density at radius 2 is 2.00 bits per heavy atom. The maximum Gasteiger partial charge on any atom is 0.234 e. The topological polar surface area (TPSA) is 100 Å². The van der Waals surface area contributed by atoms with Gasteiger partial charge in [-0.1, -0.05) is 19.0 Å². The number of amides is 1. The molecule has 0 bridgehead atoms. The molecule has 122 valence electrons. The highest BCUT2D eigenvalue weighted by Gasteiger charge is 2.44. The van der Waals surface area contributed by atoms with Gasteiger partial charge in [0.2, 0.25) is 5.91 Å². The fourth-order valence-corrected chi connectivity index (χ4v) is 2.69. The van der Waals surface area contributed by atoms with Crippen molar-refractivity contribution in [1.82, 2.24) is 10.2 Å². The van der Waals surface area contributed by atoms with Gasteiger partial charge in [-0.05, 0) is 32.9 Å². The van der Waals surface area contributed by atoms with Gasteiger partial charge in [-0.3, -0.25) is 4.79 Å². The lowest BCUT2D eigenvalue weighted by Gasteiger charge is -2.35. The Labute approximate surface area is 126 Å². The third kappa shape index (κ3) is 4.31. The third-order valence-electron chi connectivity index (χ3n) is 4.18. The second-order valence-corrected chi connectivity index (χ2v) is 5.54. The van der Waals surface area contributed by atoms with Gasteiger partial charge in [0, 0.05) is 25.8 Å². The third-order valence-corrected chi connectivity index (χ3v) is 4.18. The Balaban J connectivity index is 2.73. The Morgan fingerprint density at radius 1 is 1.43 bits per heavy atom. The summed E-state index contributed by atoms with van der Waals surface area (Å²) in [6.07, 6.45) is 0.874. The number of ether oxygens (including phenoxy) is 1. The number of nitrogens with zero attached hydrogens (tertiary/aromatic N) is 2. The van der Waals surface area contributed by atoms with E-state index in [1.165, 1.54) is 0 Å². The second-order valence-electron chi connectivity index (χ2n) is 5.54. The first-order valence-corrected chi connectivity index (χ1v) is 7.59. The summed E-state index contributed by atoms with van der Waals surface area (Å²) in [5.74, 6) is -0.209. The second kappa shape index (κ2) is 8.19. The van der Waals surface area contributed by atoms with Crippen LogP contribution in [0.15, 0.2) is 5.16 Å². The molecule has 21 heavy (non-hydrogen) atoms. The standard InChI is InChI=1S/C14H28N4O3/c1-4-18(5-2)10-11(3)16-13(19)14(12(15)17-20)6-8-21-9-7-14/h11,20H,4-10H2,1-3H3,(H2,15,17)(H,16,19). The van der Waals surface area contributed by atoms with Crippen molar-refractivity contribution < 1.29 is 14.7 Å². The fraction of sp³-hybridized carbons (Fsp3) is 0.857. The van der Waals surface area contributed by atoms with Gasteiger partial charge in [0.1, 0.15) is 5.41 Å². The zero-order valence-corrected chi connectivity index (χ0v) is 13.3. The molecule has 7 heteroatoms. The van der Waals surface area contributed by atoms with Crippen LogP contribution in [-0.2, 0) is 9.53 Å². The first kappa shape index (κ1) is 17.7. The first-order valence-electron chi connectivity index (χ1n) is 7.59. The molecule has 1 saturated heterocycles. The summed E-state index contributed by atoms with van der Waals surface area (Å²) >= 11 is 0. The van der Waals surface area contributed by atoms with E-state index in [2.05, 4.69) is 29.2 Å². The summed E-state index contributed by atoms with van der Waals surface area (Å²) in [6, 6.07) is 0.00335. The number of carbonyl (C=O) groups is 1. The molecule has 1 fully saturated rings. The van der Waals surface area contributed by atoms with E-state index in [1.54, 1.807) is 0 Å². The number of nitrogens with one attached hydrogen (secondary N) is 1. The van der Waals surface area contributed by atoms with E-state index in [4.69, 9.17) is 15.7 Å². The van der Waals surface area contributed by atoms with Crippen molar-refractivity contribution in [2.24, 2.45) is 16.3 Å². The van der Waals surface area contributed by atoms with E-state index in [-0.39, 0.29) is 17.8 Å². The van der Waals surface area contributed by atoms with Gasteiger partial charge in [0.15, 0.2) is 5.84 Å². The molecule has 0 aliphatic carbocycles. The lowest BCUT2D eigenvalue weighted by molar-refractivity contribution is -0.132. The predicted octanol–water partition coefficient (Wildman–Crippen LogP) is 0.376. The van der Waals surface area contributed by atoms with Crippen LogP contribution in [0.2, 0.25) is 0 Å². The highest BCUT2D eigenvalue weighted by molar-refractivity contribution is 6.06. The molecule has 1 heterocycles. The van der Waals surface area contributed by atoms with Crippen LogP contribution >= 0.6 is 0 Å². The predicted molar refractivity (Wildman–Crippen MR) is 81.3 cm³/mol. The molecular formula is C14H28N4O3. The van der Waals surface area contributed by atoms with Gasteiger partial charge >= 0.3 is 0 Å². The maximum absolute atomic E-state index is 12.6. The quantitative estimate of drug-likeness (QED) is 0.273. The van der Waals surface area contributed by atoms with Crippen LogP contribution in [0.4, 0.5) is 0 Å². The van der Waals surface area contributed by atoms with E-state index >= 15 is 0 Å². The van der Waals surface area contributed by atoms with Crippen LogP contribution in [0.25, 0.3) is 0 Å². The van der Waals surface area contributed by atoms with Crippen molar-refractivity contribution in [3.05, 3.63) is 0 Å². The van der Waals surface area contributed by atoms with E-state index < -0.39 is 5.41 Å². The normalized spacial score (nSPS) is 20.3. The molecule has 7 nitrogen and oxygen atoms in total. The van der Waals surface area contributed by atoms with Crippen LogP contribution in [0.3, 0.4) is 0 Å². The molecule has 1 aliphatic rings. The van der Waals surface area contributed by atoms with Crippen LogP contribution < -0.4 is 11.1 Å². The number of likely N-dealkylation sites (N-methyl/N-ethyl adjacent to an activating group) is 1. The van der Waals surface area contributed by atoms with Crippen molar-refractivity contribution in [2.45, 2.75) is 39.7 Å². The maximum atomic E-state index is 12.6. The zero-order chi connectivity index (χ0) is 15.9. The monoisotopic (exact) mass is 300 g/mol. The number of carbonyl (C=O) groups excluding carboxylic acids is 1. The molecule has 0 saturated carbocycles.